The molecule has 0 saturated heterocycles. The summed E-state index contributed by atoms with van der Waals surface area (Å²) in [7, 11) is 0. The van der Waals surface area contributed by atoms with Crippen LogP contribution in [0.2, 0.25) is 0 Å². The lowest BCUT2D eigenvalue weighted by molar-refractivity contribution is -0.0885. The van der Waals surface area contributed by atoms with Gasteiger partial charge in [-0.2, -0.15) is 13.2 Å². The lowest BCUT2D eigenvalue weighted by Crippen LogP contribution is -2.29. The van der Waals surface area contributed by atoms with Gasteiger partial charge in [-0.15, -0.1) is 5.10 Å². The number of nitrogens with one attached hydrogen (secondary N) is 1. The Hall–Kier alpha value is -4.81. The van der Waals surface area contributed by atoms with E-state index in [9.17, 15) is 22.8 Å². The zero-order valence-corrected chi connectivity index (χ0v) is 23.3. The van der Waals surface area contributed by atoms with Crippen molar-refractivity contribution >= 4 is 5.78 Å². The molecule has 0 atom stereocenters. The third-order valence-electron chi connectivity index (χ3n) is 6.99. The Bertz CT molecular complexity index is 1750. The summed E-state index contributed by atoms with van der Waals surface area (Å²) in [6, 6.07) is 12.0. The molecule has 5 aromatic rings. The monoisotopic (exact) mass is 578 g/mol. The van der Waals surface area contributed by atoms with E-state index >= 15 is 0 Å². The van der Waals surface area contributed by atoms with Crippen molar-refractivity contribution in [1.82, 2.24) is 39.3 Å². The van der Waals surface area contributed by atoms with Gasteiger partial charge < -0.3 is 4.57 Å². The van der Waals surface area contributed by atoms with Gasteiger partial charge in [0.05, 0.1) is 17.8 Å². The predicted molar refractivity (Wildman–Crippen MR) is 149 cm³/mol. The number of tetrazole rings is 1. The number of pyridine rings is 1. The minimum Gasteiger partial charge on any atom is -0.331 e. The maximum Gasteiger partial charge on any atom is 0.455 e. The molecule has 0 fully saturated rings. The van der Waals surface area contributed by atoms with Gasteiger partial charge in [0.2, 0.25) is 0 Å². The summed E-state index contributed by atoms with van der Waals surface area (Å²) in [6.45, 7) is 5.71. The number of benzene rings is 1. The smallest absolute Gasteiger partial charge is 0.331 e. The van der Waals surface area contributed by atoms with E-state index in [0.717, 1.165) is 40.2 Å². The predicted octanol–water partition coefficient (Wildman–Crippen LogP) is 5.40. The van der Waals surface area contributed by atoms with Crippen LogP contribution in [0.25, 0.3) is 28.5 Å². The summed E-state index contributed by atoms with van der Waals surface area (Å²) in [6.07, 6.45) is 1.70. The molecule has 0 aliphatic rings. The van der Waals surface area contributed by atoms with Gasteiger partial charge in [0.25, 0.3) is 5.78 Å². The molecule has 0 aliphatic carbocycles. The fourth-order valence-electron chi connectivity index (χ4n) is 4.89. The van der Waals surface area contributed by atoms with E-state index in [1.165, 1.54) is 15.3 Å². The van der Waals surface area contributed by atoms with Crippen molar-refractivity contribution in [2.75, 3.05) is 0 Å². The van der Waals surface area contributed by atoms with Crippen molar-refractivity contribution in [2.45, 2.75) is 58.8 Å². The van der Waals surface area contributed by atoms with Crippen LogP contribution >= 0.6 is 0 Å². The summed E-state index contributed by atoms with van der Waals surface area (Å²) >= 11 is 0. The first kappa shape index (κ1) is 28.7. The molecule has 218 valence electrons. The molecule has 0 aliphatic heterocycles. The van der Waals surface area contributed by atoms with Crippen LogP contribution in [-0.2, 0) is 13.0 Å². The maximum absolute atomic E-state index is 13.8. The number of aryl methyl sites for hydroxylation is 1. The number of halogens is 3. The third kappa shape index (κ3) is 5.54. The highest BCUT2D eigenvalue weighted by molar-refractivity contribution is 6.03. The Kier molecular flexibility index (Phi) is 7.92. The molecule has 0 radical (unpaired) electrons. The molecule has 4 aromatic heterocycles. The lowest BCUT2D eigenvalue weighted by Gasteiger charge is -2.15. The number of aromatic amines is 1. The van der Waals surface area contributed by atoms with E-state index < -0.39 is 23.2 Å². The number of hydrogen-bond acceptors (Lipinski definition) is 6. The number of hydrogen-bond donors (Lipinski definition) is 1. The van der Waals surface area contributed by atoms with Gasteiger partial charge in [-0.1, -0.05) is 43.7 Å². The number of rotatable bonds is 10. The van der Waals surface area contributed by atoms with Crippen LogP contribution in [0, 0.1) is 0 Å². The number of ketones is 1. The van der Waals surface area contributed by atoms with E-state index in [4.69, 9.17) is 0 Å². The topological polar surface area (TPSA) is 116 Å². The number of aromatic nitrogens is 8. The Labute approximate surface area is 238 Å². The van der Waals surface area contributed by atoms with Gasteiger partial charge >= 0.3 is 11.9 Å². The molecule has 10 nitrogen and oxygen atoms in total. The van der Waals surface area contributed by atoms with Crippen LogP contribution in [0.1, 0.15) is 61.3 Å². The first-order chi connectivity index (χ1) is 20.1. The Morgan fingerprint density at radius 3 is 2.45 bits per heavy atom. The summed E-state index contributed by atoms with van der Waals surface area (Å²) in [5, 5.41) is 14.0. The fourth-order valence-corrected chi connectivity index (χ4v) is 4.89. The molecule has 0 amide bonds. The summed E-state index contributed by atoms with van der Waals surface area (Å²) in [5.74, 6) is -1.59. The van der Waals surface area contributed by atoms with Crippen LogP contribution in [0.15, 0.2) is 65.8 Å². The maximum atomic E-state index is 13.8. The van der Waals surface area contributed by atoms with Crippen molar-refractivity contribution in [2.24, 2.45) is 0 Å². The van der Waals surface area contributed by atoms with E-state index in [2.05, 4.69) is 25.6 Å². The van der Waals surface area contributed by atoms with Gasteiger partial charge in [0.15, 0.2) is 5.82 Å². The van der Waals surface area contributed by atoms with Crippen molar-refractivity contribution in [1.29, 1.82) is 0 Å². The summed E-state index contributed by atoms with van der Waals surface area (Å²) < 4.78 is 44.6. The highest BCUT2D eigenvalue weighted by atomic mass is 19.4. The van der Waals surface area contributed by atoms with Gasteiger partial charge in [0.1, 0.15) is 5.82 Å². The average molecular weight is 579 g/mol. The molecule has 13 heteroatoms. The number of H-pyrrole nitrogens is 1. The number of alkyl halides is 3. The van der Waals surface area contributed by atoms with Crippen LogP contribution in [0.3, 0.4) is 0 Å². The van der Waals surface area contributed by atoms with Gasteiger partial charge in [-0.25, -0.2) is 9.89 Å². The van der Waals surface area contributed by atoms with Gasteiger partial charge in [-0.3, -0.25) is 18.9 Å². The van der Waals surface area contributed by atoms with E-state index in [1.54, 1.807) is 26.2 Å². The highest BCUT2D eigenvalue weighted by Gasteiger charge is 2.42. The number of unbranched alkanes of at least 4 members (excludes halogenated alkanes) is 1. The number of Topliss-reactive ketones (excluding diaryl/α,β-unsaturated/α-hetero) is 1. The van der Waals surface area contributed by atoms with Crippen molar-refractivity contribution in [3.63, 3.8) is 0 Å². The zero-order valence-electron chi connectivity index (χ0n) is 23.3. The van der Waals surface area contributed by atoms with E-state index in [1.807, 2.05) is 43.3 Å². The first-order valence-corrected chi connectivity index (χ1v) is 13.5. The standard InChI is InChI=1S/C29H29F3N8O2/c1-4-5-8-20-17-40(27-23(25(41)29(30,31)32)13-14-38(27)18(2)3)28(42)39(20)16-19-11-12-24(33-15-19)21-9-6-7-10-22(21)26-34-36-37-35-26/h6-7,9-15,17-18H,4-5,8,16H2,1-3H3,(H,34,35,36,37). The SMILES string of the molecule is CCCCc1cn(-c2c(C(=O)C(F)(F)F)ccn2C(C)C)c(=O)n1Cc1ccc(-c2ccccc2-c2nnn[nH]2)nc1. The van der Waals surface area contributed by atoms with Crippen molar-refractivity contribution in [3.8, 4) is 28.5 Å². The quantitative estimate of drug-likeness (QED) is 0.222. The average Bonchev–Trinajstić information content (AvgIpc) is 3.72. The van der Waals surface area contributed by atoms with Crippen molar-refractivity contribution in [3.05, 3.63) is 88.4 Å². The fraction of sp³-hybridized carbons (Fsp3) is 0.310. The molecule has 0 unspecified atom stereocenters. The molecule has 4 heterocycles. The highest BCUT2D eigenvalue weighted by Crippen LogP contribution is 2.30. The Morgan fingerprint density at radius 1 is 1.07 bits per heavy atom. The van der Waals surface area contributed by atoms with Crippen LogP contribution < -0.4 is 5.69 Å². The number of imidazole rings is 1. The minimum absolute atomic E-state index is 0.0965. The number of carbonyl (C=O) groups excluding carboxylic acids is 1. The molecular weight excluding hydrogens is 549 g/mol. The van der Waals surface area contributed by atoms with Crippen LogP contribution in [0.4, 0.5) is 13.2 Å². The first-order valence-electron chi connectivity index (χ1n) is 13.5. The zero-order chi connectivity index (χ0) is 30.0. The molecule has 0 bridgehead atoms. The van der Waals surface area contributed by atoms with Crippen LogP contribution in [-0.4, -0.2) is 51.3 Å². The Balaban J connectivity index is 1.54. The number of carbonyl (C=O) groups is 1. The summed E-state index contributed by atoms with van der Waals surface area (Å²) in [5.41, 5.74) is 2.53. The molecule has 0 saturated carbocycles. The second-order valence-electron chi connectivity index (χ2n) is 10.2. The van der Waals surface area contributed by atoms with Gasteiger partial charge in [-0.05, 0) is 54.8 Å². The van der Waals surface area contributed by atoms with Crippen LogP contribution in [0.5, 0.6) is 0 Å². The minimum atomic E-state index is -5.08. The molecule has 42 heavy (non-hydrogen) atoms. The summed E-state index contributed by atoms with van der Waals surface area (Å²) in [4.78, 5) is 30.7. The normalized spacial score (nSPS) is 11.9. The van der Waals surface area contributed by atoms with Crippen molar-refractivity contribution < 1.29 is 18.0 Å². The Morgan fingerprint density at radius 2 is 1.83 bits per heavy atom. The molecule has 1 N–H and O–H groups in total. The second-order valence-corrected chi connectivity index (χ2v) is 10.2. The van der Waals surface area contributed by atoms with E-state index in [-0.39, 0.29) is 18.4 Å². The molecule has 1 aromatic carbocycles. The molecule has 5 rings (SSSR count). The molecule has 0 spiro atoms. The third-order valence-corrected chi connectivity index (χ3v) is 6.99. The second kappa shape index (κ2) is 11.6. The largest absolute Gasteiger partial charge is 0.455 e. The van der Waals surface area contributed by atoms with Gasteiger partial charge in [0, 0.05) is 41.5 Å². The lowest BCUT2D eigenvalue weighted by atomic mass is 10.0. The molecular formula is C29H29F3N8O2. The van der Waals surface area contributed by atoms with E-state index in [0.29, 0.717) is 23.6 Å². The number of nitrogens with zero attached hydrogens (tertiary/aromatic N) is 7.